The first-order valence-electron chi connectivity index (χ1n) is 11.9. The maximum absolute atomic E-state index is 12.2. The topological polar surface area (TPSA) is 104 Å². The van der Waals surface area contributed by atoms with Crippen LogP contribution < -0.4 is 9.62 Å². The predicted octanol–water partition coefficient (Wildman–Crippen LogP) is 1.98. The number of anilines is 3. The lowest BCUT2D eigenvalue weighted by Gasteiger charge is -2.32. The SMILES string of the molecule is CN1CCN(CCn2cc(Nc3ncc4ccc(-c5ccccc5N(C)S(C)(=O)=O)n4n3)cn2)CC1. The van der Waals surface area contributed by atoms with E-state index < -0.39 is 10.0 Å². The van der Waals surface area contributed by atoms with Crippen molar-refractivity contribution in [2.24, 2.45) is 0 Å². The van der Waals surface area contributed by atoms with Crippen LogP contribution in [0.4, 0.5) is 17.3 Å². The Labute approximate surface area is 211 Å². The number of sulfonamides is 1. The minimum atomic E-state index is -3.42. The van der Waals surface area contributed by atoms with E-state index in [9.17, 15) is 8.42 Å². The minimum Gasteiger partial charge on any atom is -0.320 e. The van der Waals surface area contributed by atoms with Crippen LogP contribution in [0, 0.1) is 0 Å². The normalized spacial score (nSPS) is 15.4. The molecule has 11 nitrogen and oxygen atoms in total. The molecule has 4 heterocycles. The summed E-state index contributed by atoms with van der Waals surface area (Å²) in [6.45, 7) is 6.14. The van der Waals surface area contributed by atoms with Crippen LogP contribution in [0.25, 0.3) is 16.8 Å². The third-order valence-electron chi connectivity index (χ3n) is 6.55. The first-order valence-corrected chi connectivity index (χ1v) is 13.7. The summed E-state index contributed by atoms with van der Waals surface area (Å²) in [6, 6.07) is 11.2. The molecule has 0 saturated carbocycles. The molecule has 1 aliphatic heterocycles. The number of benzene rings is 1. The van der Waals surface area contributed by atoms with E-state index in [-0.39, 0.29) is 0 Å². The van der Waals surface area contributed by atoms with Crippen molar-refractivity contribution in [3.05, 3.63) is 55.0 Å². The van der Waals surface area contributed by atoms with Crippen molar-refractivity contribution in [2.75, 3.05) is 62.7 Å². The van der Waals surface area contributed by atoms with Crippen molar-refractivity contribution in [2.45, 2.75) is 6.54 Å². The molecular formula is C24H31N9O2S. The van der Waals surface area contributed by atoms with Gasteiger partial charge in [0.05, 0.1) is 47.8 Å². The summed E-state index contributed by atoms with van der Waals surface area (Å²) in [6.07, 6.45) is 6.65. The fourth-order valence-corrected chi connectivity index (χ4v) is 4.82. The van der Waals surface area contributed by atoms with Crippen molar-refractivity contribution in [1.29, 1.82) is 0 Å². The molecule has 1 fully saturated rings. The molecule has 1 aromatic carbocycles. The Bertz CT molecular complexity index is 1460. The Morgan fingerprint density at radius 2 is 1.81 bits per heavy atom. The molecule has 0 aliphatic carbocycles. The highest BCUT2D eigenvalue weighted by molar-refractivity contribution is 7.92. The summed E-state index contributed by atoms with van der Waals surface area (Å²) in [4.78, 5) is 9.25. The van der Waals surface area contributed by atoms with Gasteiger partial charge in [0.15, 0.2) is 0 Å². The number of rotatable bonds is 8. The van der Waals surface area contributed by atoms with Crippen LogP contribution in [0.2, 0.25) is 0 Å². The Morgan fingerprint density at radius 3 is 2.58 bits per heavy atom. The molecule has 0 radical (unpaired) electrons. The Kier molecular flexibility index (Phi) is 6.65. The number of fused-ring (bicyclic) bond motifs is 1. The second kappa shape index (κ2) is 9.88. The van der Waals surface area contributed by atoms with Gasteiger partial charge in [0.1, 0.15) is 0 Å². The standard InChI is InChI=1S/C24H31N9O2S/c1-29-10-12-31(13-11-29)14-15-32-18-19(16-26-32)27-24-25-17-20-8-9-23(33(20)28-24)21-6-4-5-7-22(21)30(2)36(3,34)35/h4-9,16-18H,10-15H2,1-3H3,(H,27,28). The van der Waals surface area contributed by atoms with E-state index in [0.717, 1.165) is 61.7 Å². The Hall–Kier alpha value is -3.48. The Balaban J connectivity index is 1.34. The monoisotopic (exact) mass is 509 g/mol. The van der Waals surface area contributed by atoms with E-state index in [2.05, 4.69) is 37.3 Å². The van der Waals surface area contributed by atoms with E-state index in [0.29, 0.717) is 11.6 Å². The number of aromatic nitrogens is 5. The summed E-state index contributed by atoms with van der Waals surface area (Å²) in [5, 5.41) is 12.4. The van der Waals surface area contributed by atoms with E-state index >= 15 is 0 Å². The summed E-state index contributed by atoms with van der Waals surface area (Å²) in [7, 11) is 0.288. The number of likely N-dealkylation sites (N-methyl/N-ethyl adjacent to an activating group) is 1. The molecular weight excluding hydrogens is 478 g/mol. The zero-order valence-electron chi connectivity index (χ0n) is 20.7. The van der Waals surface area contributed by atoms with Gasteiger partial charge in [0.25, 0.3) is 0 Å². The molecule has 3 aromatic heterocycles. The Morgan fingerprint density at radius 1 is 1.03 bits per heavy atom. The highest BCUT2D eigenvalue weighted by atomic mass is 32.2. The number of para-hydroxylation sites is 1. The van der Waals surface area contributed by atoms with Crippen LogP contribution >= 0.6 is 0 Å². The molecule has 0 unspecified atom stereocenters. The van der Waals surface area contributed by atoms with Gasteiger partial charge in [-0.2, -0.15) is 5.10 Å². The van der Waals surface area contributed by atoms with Gasteiger partial charge in [-0.05, 0) is 25.2 Å². The molecule has 4 aromatic rings. The molecule has 1 aliphatic rings. The number of nitrogens with zero attached hydrogens (tertiary/aromatic N) is 8. The summed E-state index contributed by atoms with van der Waals surface area (Å²) in [5.41, 5.74) is 3.71. The second-order valence-corrected chi connectivity index (χ2v) is 11.2. The molecule has 36 heavy (non-hydrogen) atoms. The van der Waals surface area contributed by atoms with Crippen LogP contribution in [0.5, 0.6) is 0 Å². The molecule has 12 heteroatoms. The first-order chi connectivity index (χ1) is 17.3. The molecule has 0 spiro atoms. The third kappa shape index (κ3) is 5.20. The fraction of sp³-hybridized carbons (Fsp3) is 0.375. The average Bonchev–Trinajstić information content (AvgIpc) is 3.49. The van der Waals surface area contributed by atoms with Crippen LogP contribution in [-0.2, 0) is 16.6 Å². The summed E-state index contributed by atoms with van der Waals surface area (Å²) < 4.78 is 29.4. The number of hydrogen-bond acceptors (Lipinski definition) is 8. The maximum atomic E-state index is 12.2. The molecule has 5 rings (SSSR count). The fourth-order valence-electron chi connectivity index (χ4n) is 4.30. The van der Waals surface area contributed by atoms with Crippen LogP contribution in [0.15, 0.2) is 55.0 Å². The molecule has 1 N–H and O–H groups in total. The minimum absolute atomic E-state index is 0.424. The largest absolute Gasteiger partial charge is 0.320 e. The van der Waals surface area contributed by atoms with Crippen LogP contribution in [0.1, 0.15) is 0 Å². The molecule has 0 amide bonds. The lowest BCUT2D eigenvalue weighted by Crippen LogP contribution is -2.45. The van der Waals surface area contributed by atoms with Gasteiger partial charge in [-0.15, -0.1) is 5.10 Å². The van der Waals surface area contributed by atoms with E-state index in [4.69, 9.17) is 0 Å². The lowest BCUT2D eigenvalue weighted by molar-refractivity contribution is 0.149. The van der Waals surface area contributed by atoms with E-state index in [1.54, 1.807) is 30.0 Å². The van der Waals surface area contributed by atoms with Crippen molar-refractivity contribution in [1.82, 2.24) is 34.2 Å². The van der Waals surface area contributed by atoms with Gasteiger partial charge in [0, 0.05) is 51.5 Å². The van der Waals surface area contributed by atoms with E-state index in [1.165, 1.54) is 10.6 Å². The number of hydrogen-bond donors (Lipinski definition) is 1. The second-order valence-electron chi connectivity index (χ2n) is 9.15. The van der Waals surface area contributed by atoms with Gasteiger partial charge in [-0.25, -0.2) is 17.9 Å². The average molecular weight is 510 g/mol. The maximum Gasteiger partial charge on any atom is 0.245 e. The van der Waals surface area contributed by atoms with Crippen molar-refractivity contribution in [3.63, 3.8) is 0 Å². The summed E-state index contributed by atoms with van der Waals surface area (Å²) >= 11 is 0. The van der Waals surface area contributed by atoms with Gasteiger partial charge in [-0.1, -0.05) is 18.2 Å². The van der Waals surface area contributed by atoms with Gasteiger partial charge >= 0.3 is 0 Å². The number of nitrogens with one attached hydrogen (secondary N) is 1. The van der Waals surface area contributed by atoms with Gasteiger partial charge in [-0.3, -0.25) is 13.9 Å². The number of piperazine rings is 1. The van der Waals surface area contributed by atoms with Crippen LogP contribution in [-0.4, -0.2) is 95.7 Å². The van der Waals surface area contributed by atoms with Crippen molar-refractivity contribution in [3.8, 4) is 11.3 Å². The zero-order chi connectivity index (χ0) is 25.3. The smallest absolute Gasteiger partial charge is 0.245 e. The zero-order valence-corrected chi connectivity index (χ0v) is 21.6. The quantitative estimate of drug-likeness (QED) is 0.385. The molecule has 0 atom stereocenters. The molecule has 190 valence electrons. The lowest BCUT2D eigenvalue weighted by atomic mass is 10.1. The third-order valence-corrected chi connectivity index (χ3v) is 7.74. The van der Waals surface area contributed by atoms with Crippen molar-refractivity contribution < 1.29 is 8.42 Å². The van der Waals surface area contributed by atoms with Crippen LogP contribution in [0.3, 0.4) is 0 Å². The summed E-state index contributed by atoms with van der Waals surface area (Å²) in [5.74, 6) is 0.424. The highest BCUT2D eigenvalue weighted by Gasteiger charge is 2.19. The molecule has 0 bridgehead atoms. The highest BCUT2D eigenvalue weighted by Crippen LogP contribution is 2.32. The first kappa shape index (κ1) is 24.2. The van der Waals surface area contributed by atoms with Gasteiger partial charge in [0.2, 0.25) is 16.0 Å². The van der Waals surface area contributed by atoms with Crippen molar-refractivity contribution >= 4 is 32.9 Å². The van der Waals surface area contributed by atoms with Gasteiger partial charge < -0.3 is 10.2 Å². The molecule has 1 saturated heterocycles. The predicted molar refractivity (Wildman–Crippen MR) is 141 cm³/mol. The van der Waals surface area contributed by atoms with E-state index in [1.807, 2.05) is 41.2 Å².